The van der Waals surface area contributed by atoms with Gasteiger partial charge in [-0.05, 0) is 38.1 Å². The molecule has 1 unspecified atom stereocenters. The first-order valence-electron chi connectivity index (χ1n) is 8.29. The number of benzene rings is 1. The van der Waals surface area contributed by atoms with E-state index in [0.717, 1.165) is 0 Å². The third-order valence-corrected chi connectivity index (χ3v) is 4.26. The number of carbonyl (C=O) groups excluding carboxylic acids is 3. The molecule has 0 spiro atoms. The molecule has 7 nitrogen and oxygen atoms in total. The number of rotatable bonds is 4. The minimum atomic E-state index is -1.16. The van der Waals surface area contributed by atoms with E-state index in [1.807, 2.05) is 0 Å². The molecule has 2 aliphatic rings. The fraction of sp³-hybridized carbons (Fsp3) is 0.263. The zero-order chi connectivity index (χ0) is 18.7. The Kier molecular flexibility index (Phi) is 4.71. The first-order chi connectivity index (χ1) is 12.5. The Morgan fingerprint density at radius 2 is 2.08 bits per heavy atom. The lowest BCUT2D eigenvalue weighted by Gasteiger charge is -2.41. The summed E-state index contributed by atoms with van der Waals surface area (Å²) >= 11 is 0. The maximum atomic E-state index is 13.1. The summed E-state index contributed by atoms with van der Waals surface area (Å²) in [5.41, 5.74) is -0.557. The number of ether oxygens (including phenoxy) is 1. The number of esters is 1. The van der Waals surface area contributed by atoms with Crippen molar-refractivity contribution in [3.8, 4) is 0 Å². The molecule has 1 aromatic rings. The van der Waals surface area contributed by atoms with Gasteiger partial charge in [0.15, 0.2) is 0 Å². The Morgan fingerprint density at radius 3 is 2.85 bits per heavy atom. The van der Waals surface area contributed by atoms with Crippen LogP contribution in [0.1, 0.15) is 30.6 Å². The molecule has 1 atom stereocenters. The summed E-state index contributed by atoms with van der Waals surface area (Å²) in [7, 11) is 0. The molecule has 2 aliphatic heterocycles. The molecule has 0 fully saturated rings. The highest BCUT2D eigenvalue weighted by Gasteiger charge is 2.45. The molecule has 0 saturated carbocycles. The van der Waals surface area contributed by atoms with E-state index in [1.54, 1.807) is 67.4 Å². The highest BCUT2D eigenvalue weighted by molar-refractivity contribution is 6.12. The van der Waals surface area contributed by atoms with Crippen LogP contribution in [0, 0.1) is 0 Å². The second-order valence-electron chi connectivity index (χ2n) is 6.11. The smallest absolute Gasteiger partial charge is 0.340 e. The van der Waals surface area contributed by atoms with Crippen LogP contribution >= 0.6 is 0 Å². The Balaban J connectivity index is 1.90. The molecule has 0 radical (unpaired) electrons. The molecule has 0 bridgehead atoms. The zero-order valence-electron chi connectivity index (χ0n) is 14.6. The van der Waals surface area contributed by atoms with Crippen molar-refractivity contribution in [2.75, 3.05) is 11.9 Å². The Hall–Kier alpha value is -3.22. The van der Waals surface area contributed by atoms with Crippen LogP contribution in [0.4, 0.5) is 5.69 Å². The molecule has 1 N–H and O–H groups in total. The molecule has 26 heavy (non-hydrogen) atoms. The van der Waals surface area contributed by atoms with E-state index in [4.69, 9.17) is 4.74 Å². The van der Waals surface area contributed by atoms with E-state index < -0.39 is 17.4 Å². The predicted molar refractivity (Wildman–Crippen MR) is 96.6 cm³/mol. The number of hydrogen-bond donors (Lipinski definition) is 1. The number of amides is 2. The summed E-state index contributed by atoms with van der Waals surface area (Å²) in [6.07, 6.45) is 6.84. The van der Waals surface area contributed by atoms with Crippen LogP contribution in [0.15, 0.2) is 53.7 Å². The van der Waals surface area contributed by atoms with Gasteiger partial charge < -0.3 is 15.0 Å². The van der Waals surface area contributed by atoms with Crippen LogP contribution in [-0.2, 0) is 14.3 Å². The van der Waals surface area contributed by atoms with Gasteiger partial charge in [-0.25, -0.2) is 4.79 Å². The van der Waals surface area contributed by atoms with Gasteiger partial charge in [-0.1, -0.05) is 18.2 Å². The van der Waals surface area contributed by atoms with Crippen molar-refractivity contribution in [3.05, 3.63) is 54.3 Å². The molecular weight excluding hydrogens is 334 g/mol. The van der Waals surface area contributed by atoms with Crippen LogP contribution in [0.2, 0.25) is 0 Å². The number of para-hydroxylation sites is 1. The van der Waals surface area contributed by atoms with Gasteiger partial charge in [-0.2, -0.15) is 4.99 Å². The number of carbonyl (C=O) groups is 3. The molecule has 7 heteroatoms. The second-order valence-corrected chi connectivity index (χ2v) is 6.11. The van der Waals surface area contributed by atoms with Gasteiger partial charge in [0.1, 0.15) is 11.4 Å². The van der Waals surface area contributed by atoms with Crippen molar-refractivity contribution in [3.63, 3.8) is 0 Å². The monoisotopic (exact) mass is 353 g/mol. The Morgan fingerprint density at radius 1 is 1.31 bits per heavy atom. The number of aliphatic imine (C=N–C) groups is 1. The summed E-state index contributed by atoms with van der Waals surface area (Å²) in [6.45, 7) is 3.62. The lowest BCUT2D eigenvalue weighted by atomic mass is 9.91. The highest BCUT2D eigenvalue weighted by atomic mass is 16.5. The van der Waals surface area contributed by atoms with Gasteiger partial charge in [0.25, 0.3) is 11.8 Å². The van der Waals surface area contributed by atoms with Crippen molar-refractivity contribution in [2.45, 2.75) is 25.8 Å². The molecule has 2 amide bonds. The quantitative estimate of drug-likeness (QED) is 0.839. The van der Waals surface area contributed by atoms with E-state index in [9.17, 15) is 14.4 Å². The van der Waals surface area contributed by atoms with Gasteiger partial charge in [-0.15, -0.1) is 0 Å². The Bertz CT molecular complexity index is 856. The maximum absolute atomic E-state index is 13.1. The number of fused-ring (bicyclic) bond motifs is 1. The third kappa shape index (κ3) is 3.15. The van der Waals surface area contributed by atoms with Crippen LogP contribution in [0.3, 0.4) is 0 Å². The van der Waals surface area contributed by atoms with E-state index in [0.29, 0.717) is 11.5 Å². The lowest BCUT2D eigenvalue weighted by Crippen LogP contribution is -2.58. The van der Waals surface area contributed by atoms with Crippen LogP contribution in [0.5, 0.6) is 0 Å². The molecule has 2 heterocycles. The molecule has 1 aromatic carbocycles. The maximum Gasteiger partial charge on any atom is 0.340 e. The fourth-order valence-electron chi connectivity index (χ4n) is 2.92. The highest BCUT2D eigenvalue weighted by Crippen LogP contribution is 2.30. The molecular formula is C19H19N3O4. The summed E-state index contributed by atoms with van der Waals surface area (Å²) in [5, 5.41) is 2.77. The van der Waals surface area contributed by atoms with Gasteiger partial charge in [0, 0.05) is 6.20 Å². The summed E-state index contributed by atoms with van der Waals surface area (Å²) in [5.74, 6) is -0.876. The van der Waals surface area contributed by atoms with Crippen LogP contribution in [-0.4, -0.2) is 40.7 Å². The van der Waals surface area contributed by atoms with Crippen molar-refractivity contribution < 1.29 is 19.1 Å². The number of allylic oxidation sites excluding steroid dienone is 2. The van der Waals surface area contributed by atoms with E-state index in [2.05, 4.69) is 10.3 Å². The summed E-state index contributed by atoms with van der Waals surface area (Å²) in [6, 6.07) is 6.61. The first-order valence-corrected chi connectivity index (χ1v) is 8.29. The zero-order valence-corrected chi connectivity index (χ0v) is 14.6. The van der Waals surface area contributed by atoms with E-state index in [-0.39, 0.29) is 24.5 Å². The number of hydrogen-bond acceptors (Lipinski definition) is 5. The third-order valence-electron chi connectivity index (χ3n) is 4.26. The van der Waals surface area contributed by atoms with Gasteiger partial charge >= 0.3 is 5.97 Å². The number of anilines is 1. The van der Waals surface area contributed by atoms with E-state index in [1.165, 1.54) is 0 Å². The average molecular weight is 353 g/mol. The van der Waals surface area contributed by atoms with Crippen molar-refractivity contribution >= 4 is 29.3 Å². The minimum Gasteiger partial charge on any atom is -0.462 e. The van der Waals surface area contributed by atoms with Gasteiger partial charge in [-0.3, -0.25) is 9.59 Å². The fourth-order valence-corrected chi connectivity index (χ4v) is 2.92. The molecule has 134 valence electrons. The lowest BCUT2D eigenvalue weighted by molar-refractivity contribution is -0.130. The first kappa shape index (κ1) is 17.6. The van der Waals surface area contributed by atoms with Crippen LogP contribution in [0.25, 0.3) is 0 Å². The topological polar surface area (TPSA) is 88.1 Å². The summed E-state index contributed by atoms with van der Waals surface area (Å²) < 4.78 is 5.03. The van der Waals surface area contributed by atoms with Crippen molar-refractivity contribution in [1.29, 1.82) is 0 Å². The number of nitrogens with one attached hydrogen (secondary N) is 1. The molecule has 0 aromatic heterocycles. The molecule has 3 rings (SSSR count). The molecule has 0 aliphatic carbocycles. The van der Waals surface area contributed by atoms with E-state index >= 15 is 0 Å². The minimum absolute atomic E-state index is 0.0674. The Labute approximate surface area is 151 Å². The number of nitrogens with zero attached hydrogens (tertiary/aromatic N) is 2. The SMILES string of the molecule is CCOC(=O)c1ccccc1NC(=O)C1(C)CC(=O)N=C2C=CC=CN21. The van der Waals surface area contributed by atoms with Crippen LogP contribution < -0.4 is 5.32 Å². The standard InChI is InChI=1S/C19H19N3O4/c1-3-26-17(24)13-8-4-5-9-14(13)20-18(25)19(2)12-16(23)21-15-10-6-7-11-22(15)19/h4-11H,3,12H2,1-2H3,(H,20,25). The van der Waals surface area contributed by atoms with Gasteiger partial charge in [0.2, 0.25) is 0 Å². The molecule has 0 saturated heterocycles. The van der Waals surface area contributed by atoms with Crippen molar-refractivity contribution in [2.24, 2.45) is 4.99 Å². The normalized spacial score (nSPS) is 21.1. The summed E-state index contributed by atoms with van der Waals surface area (Å²) in [4.78, 5) is 42.8. The largest absolute Gasteiger partial charge is 0.462 e. The van der Waals surface area contributed by atoms with Crippen molar-refractivity contribution in [1.82, 2.24) is 4.90 Å². The number of amidine groups is 1. The second kappa shape index (κ2) is 6.95. The average Bonchev–Trinajstić information content (AvgIpc) is 2.62. The van der Waals surface area contributed by atoms with Gasteiger partial charge in [0.05, 0.1) is 24.3 Å². The predicted octanol–water partition coefficient (Wildman–Crippen LogP) is 2.27.